The minimum atomic E-state index is -0.264. The first kappa shape index (κ1) is 28.0. The Balaban J connectivity index is 1.53. The molecule has 10 heteroatoms. The predicted octanol–water partition coefficient (Wildman–Crippen LogP) is 3.88. The zero-order valence-corrected chi connectivity index (χ0v) is 22.9. The quantitative estimate of drug-likeness (QED) is 0.320. The number of benzene rings is 1. The molecule has 1 aliphatic rings. The van der Waals surface area contributed by atoms with E-state index in [2.05, 4.69) is 49.8 Å². The van der Waals surface area contributed by atoms with Crippen molar-refractivity contribution in [2.45, 2.75) is 19.8 Å². The fourth-order valence-corrected chi connectivity index (χ4v) is 4.32. The van der Waals surface area contributed by atoms with Crippen molar-refractivity contribution in [1.82, 2.24) is 14.9 Å². The van der Waals surface area contributed by atoms with Crippen LogP contribution in [0.1, 0.15) is 39.1 Å². The fraction of sp³-hybridized carbons (Fsp3) is 0.379. The third kappa shape index (κ3) is 7.75. The monoisotopic (exact) mass is 531 g/mol. The molecule has 1 fully saturated rings. The van der Waals surface area contributed by atoms with Crippen molar-refractivity contribution in [3.05, 3.63) is 71.7 Å². The van der Waals surface area contributed by atoms with Gasteiger partial charge in [-0.1, -0.05) is 6.07 Å². The number of aryl methyl sites for hydroxylation is 1. The summed E-state index contributed by atoms with van der Waals surface area (Å²) in [7, 11) is 4.13. The molecular formula is C29H37N7O3. The minimum Gasteiger partial charge on any atom is -0.381 e. The second-order valence-electron chi connectivity index (χ2n) is 9.77. The number of morpholine rings is 1. The molecule has 1 aliphatic heterocycles. The summed E-state index contributed by atoms with van der Waals surface area (Å²) in [6.07, 6.45) is 6.82. The Morgan fingerprint density at radius 2 is 1.85 bits per heavy atom. The average molecular weight is 532 g/mol. The standard InChI is InChI=1S/C29H37N7O3/c1-21-8-9-23(19-25(21)34-28(37)22-7-6-11-30-20-22)33-29(38)24-10-13-32-27(36-15-17-39-18-16-36)26(24)31-12-4-5-14-35(2)3/h6-11,13,19-20,31H,4-5,12,14-18H2,1-3H3,(H,33,38)(H,34,37). The van der Waals surface area contributed by atoms with Crippen LogP contribution in [0.4, 0.5) is 22.9 Å². The van der Waals surface area contributed by atoms with Gasteiger partial charge in [-0.3, -0.25) is 14.6 Å². The molecule has 0 aliphatic carbocycles. The molecule has 0 unspecified atom stereocenters. The number of nitrogens with zero attached hydrogens (tertiary/aromatic N) is 4. The van der Waals surface area contributed by atoms with E-state index < -0.39 is 0 Å². The normalized spacial score (nSPS) is 13.3. The van der Waals surface area contributed by atoms with E-state index >= 15 is 0 Å². The number of unbranched alkanes of at least 4 members (excludes halogenated alkanes) is 1. The van der Waals surface area contributed by atoms with Gasteiger partial charge in [0.15, 0.2) is 5.82 Å². The van der Waals surface area contributed by atoms with Gasteiger partial charge in [0.1, 0.15) is 0 Å². The van der Waals surface area contributed by atoms with Gasteiger partial charge in [-0.25, -0.2) is 4.98 Å². The van der Waals surface area contributed by atoms with Gasteiger partial charge < -0.3 is 30.5 Å². The third-order valence-electron chi connectivity index (χ3n) is 6.49. The first-order valence-electron chi connectivity index (χ1n) is 13.3. The topological polar surface area (TPSA) is 112 Å². The van der Waals surface area contributed by atoms with Crippen LogP contribution in [0.15, 0.2) is 55.0 Å². The second kappa shape index (κ2) is 13.7. The van der Waals surface area contributed by atoms with E-state index in [9.17, 15) is 9.59 Å². The average Bonchev–Trinajstić information content (AvgIpc) is 2.95. The van der Waals surface area contributed by atoms with Gasteiger partial charge in [0, 0.05) is 49.6 Å². The van der Waals surface area contributed by atoms with E-state index in [0.29, 0.717) is 48.8 Å². The Labute approximate surface area is 229 Å². The maximum absolute atomic E-state index is 13.6. The molecule has 206 valence electrons. The lowest BCUT2D eigenvalue weighted by atomic mass is 10.1. The summed E-state index contributed by atoms with van der Waals surface area (Å²) in [6, 6.07) is 10.6. The zero-order chi connectivity index (χ0) is 27.6. The largest absolute Gasteiger partial charge is 0.381 e. The molecular weight excluding hydrogens is 494 g/mol. The van der Waals surface area contributed by atoms with Gasteiger partial charge in [-0.15, -0.1) is 0 Å². The number of nitrogens with one attached hydrogen (secondary N) is 3. The highest BCUT2D eigenvalue weighted by Crippen LogP contribution is 2.29. The minimum absolute atomic E-state index is 0.254. The summed E-state index contributed by atoms with van der Waals surface area (Å²) in [4.78, 5) is 39.2. The number of anilines is 4. The van der Waals surface area contributed by atoms with Gasteiger partial charge in [0.25, 0.3) is 11.8 Å². The van der Waals surface area contributed by atoms with Crippen LogP contribution in [0.2, 0.25) is 0 Å². The number of hydrogen-bond acceptors (Lipinski definition) is 8. The van der Waals surface area contributed by atoms with Crippen molar-refractivity contribution in [3.63, 3.8) is 0 Å². The highest BCUT2D eigenvalue weighted by molar-refractivity contribution is 6.10. The molecule has 4 rings (SSSR count). The number of carbonyl (C=O) groups excluding carboxylic acids is 2. The highest BCUT2D eigenvalue weighted by atomic mass is 16.5. The van der Waals surface area contributed by atoms with E-state index in [0.717, 1.165) is 43.0 Å². The number of carbonyl (C=O) groups is 2. The highest BCUT2D eigenvalue weighted by Gasteiger charge is 2.22. The van der Waals surface area contributed by atoms with Gasteiger partial charge in [0.05, 0.1) is 30.0 Å². The van der Waals surface area contributed by atoms with E-state index in [1.54, 1.807) is 36.7 Å². The van der Waals surface area contributed by atoms with Crippen molar-refractivity contribution in [1.29, 1.82) is 0 Å². The molecule has 3 aromatic rings. The zero-order valence-electron chi connectivity index (χ0n) is 22.9. The van der Waals surface area contributed by atoms with E-state index in [1.165, 1.54) is 6.20 Å². The van der Waals surface area contributed by atoms with E-state index in [1.807, 2.05) is 19.1 Å². The van der Waals surface area contributed by atoms with E-state index in [4.69, 9.17) is 4.74 Å². The number of pyridine rings is 2. The Morgan fingerprint density at radius 1 is 1.03 bits per heavy atom. The van der Waals surface area contributed by atoms with Crippen molar-refractivity contribution in [2.75, 3.05) is 74.3 Å². The molecule has 2 amide bonds. The number of amides is 2. The number of aromatic nitrogens is 2. The van der Waals surface area contributed by atoms with Crippen LogP contribution in [0, 0.1) is 6.92 Å². The molecule has 1 saturated heterocycles. The lowest BCUT2D eigenvalue weighted by Crippen LogP contribution is -2.37. The predicted molar refractivity (Wildman–Crippen MR) is 155 cm³/mol. The maximum atomic E-state index is 13.6. The molecule has 0 saturated carbocycles. The molecule has 0 bridgehead atoms. The smallest absolute Gasteiger partial charge is 0.257 e. The first-order valence-corrected chi connectivity index (χ1v) is 13.3. The van der Waals surface area contributed by atoms with Crippen LogP contribution in [-0.4, -0.2) is 80.2 Å². The van der Waals surface area contributed by atoms with Crippen LogP contribution in [0.3, 0.4) is 0 Å². The summed E-state index contributed by atoms with van der Waals surface area (Å²) in [5.41, 5.74) is 3.77. The van der Waals surface area contributed by atoms with Crippen LogP contribution >= 0.6 is 0 Å². The maximum Gasteiger partial charge on any atom is 0.257 e. The molecule has 2 aromatic heterocycles. The summed E-state index contributed by atoms with van der Waals surface area (Å²) in [5.74, 6) is 0.239. The molecule has 10 nitrogen and oxygen atoms in total. The van der Waals surface area contributed by atoms with Gasteiger partial charge in [-0.05, 0) is 76.3 Å². The Bertz CT molecular complexity index is 1260. The van der Waals surface area contributed by atoms with Crippen LogP contribution in [0.25, 0.3) is 0 Å². The molecule has 3 heterocycles. The van der Waals surface area contributed by atoms with Crippen molar-refractivity contribution in [3.8, 4) is 0 Å². The van der Waals surface area contributed by atoms with Crippen molar-refractivity contribution in [2.24, 2.45) is 0 Å². The second-order valence-corrected chi connectivity index (χ2v) is 9.77. The lowest BCUT2D eigenvalue weighted by Gasteiger charge is -2.30. The Kier molecular flexibility index (Phi) is 9.82. The van der Waals surface area contributed by atoms with Crippen LogP contribution in [-0.2, 0) is 4.74 Å². The molecule has 39 heavy (non-hydrogen) atoms. The SMILES string of the molecule is Cc1ccc(NC(=O)c2ccnc(N3CCOCC3)c2NCCCCN(C)C)cc1NC(=O)c1cccnc1. The fourth-order valence-electron chi connectivity index (χ4n) is 4.32. The number of rotatable bonds is 11. The molecule has 3 N–H and O–H groups in total. The summed E-state index contributed by atoms with van der Waals surface area (Å²) >= 11 is 0. The lowest BCUT2D eigenvalue weighted by molar-refractivity contribution is 0.101. The van der Waals surface area contributed by atoms with E-state index in [-0.39, 0.29) is 11.8 Å². The summed E-state index contributed by atoms with van der Waals surface area (Å²) in [5, 5.41) is 9.42. The third-order valence-corrected chi connectivity index (χ3v) is 6.49. The number of hydrogen-bond donors (Lipinski definition) is 3. The molecule has 0 radical (unpaired) electrons. The molecule has 0 spiro atoms. The Hall–Kier alpha value is -4.02. The molecule has 1 aromatic carbocycles. The van der Waals surface area contributed by atoms with Crippen molar-refractivity contribution < 1.29 is 14.3 Å². The van der Waals surface area contributed by atoms with Gasteiger partial charge >= 0.3 is 0 Å². The number of ether oxygens (including phenoxy) is 1. The summed E-state index contributed by atoms with van der Waals surface area (Å²) < 4.78 is 5.52. The van der Waals surface area contributed by atoms with Gasteiger partial charge in [-0.2, -0.15) is 0 Å². The Morgan fingerprint density at radius 3 is 2.59 bits per heavy atom. The van der Waals surface area contributed by atoms with Crippen LogP contribution in [0.5, 0.6) is 0 Å². The summed E-state index contributed by atoms with van der Waals surface area (Å²) in [6.45, 7) is 6.31. The van der Waals surface area contributed by atoms with Gasteiger partial charge in [0.2, 0.25) is 0 Å². The van der Waals surface area contributed by atoms with Crippen molar-refractivity contribution >= 4 is 34.7 Å². The van der Waals surface area contributed by atoms with Crippen LogP contribution < -0.4 is 20.9 Å². The first-order chi connectivity index (χ1) is 18.9. The molecule has 0 atom stereocenters.